The summed E-state index contributed by atoms with van der Waals surface area (Å²) in [5.74, 6) is 0. The van der Waals surface area contributed by atoms with Gasteiger partial charge in [0.05, 0.1) is 0 Å². The first-order valence-corrected chi connectivity index (χ1v) is 5.79. The molecule has 0 aliphatic rings. The van der Waals surface area contributed by atoms with Crippen molar-refractivity contribution in [2.45, 2.75) is 19.9 Å². The summed E-state index contributed by atoms with van der Waals surface area (Å²) >= 11 is 1.70. The van der Waals surface area contributed by atoms with E-state index >= 15 is 0 Å². The van der Waals surface area contributed by atoms with Crippen molar-refractivity contribution in [3.63, 3.8) is 0 Å². The maximum absolute atomic E-state index is 5.52. The van der Waals surface area contributed by atoms with Crippen molar-refractivity contribution < 1.29 is 0 Å². The number of hydrogen-bond acceptors (Lipinski definition) is 3. The Balaban J connectivity index is 2.11. The second-order valence-corrected chi connectivity index (χ2v) is 4.79. The molecule has 0 radical (unpaired) electrons. The summed E-state index contributed by atoms with van der Waals surface area (Å²) in [6.07, 6.45) is 2.88. The lowest BCUT2D eigenvalue weighted by Crippen LogP contribution is -1.93. The fraction of sp³-hybridized carbons (Fsp3) is 0.250. The summed E-state index contributed by atoms with van der Waals surface area (Å²) < 4.78 is 0. The molecule has 0 saturated heterocycles. The first kappa shape index (κ1) is 10.3. The maximum Gasteiger partial charge on any atom is 0.106 e. The molecule has 0 bridgehead atoms. The molecule has 3 heteroatoms. The minimum absolute atomic E-state index is 0.540. The standard InChI is InChI=1S/C12H14N2S/c1-9-2-4-10(5-3-9)6-11-8-14-12(7-13)15-11/h2-5,8H,6-7,13H2,1H3. The quantitative estimate of drug-likeness (QED) is 0.859. The average Bonchev–Trinajstić information content (AvgIpc) is 2.69. The molecular formula is C12H14N2S. The number of aryl methyl sites for hydroxylation is 1. The van der Waals surface area contributed by atoms with Gasteiger partial charge in [-0.15, -0.1) is 11.3 Å². The van der Waals surface area contributed by atoms with Crippen LogP contribution in [0.25, 0.3) is 0 Å². The van der Waals surface area contributed by atoms with E-state index in [4.69, 9.17) is 5.73 Å². The normalized spacial score (nSPS) is 10.5. The zero-order valence-corrected chi connectivity index (χ0v) is 9.55. The molecule has 78 valence electrons. The lowest BCUT2D eigenvalue weighted by Gasteiger charge is -1.98. The fourth-order valence-electron chi connectivity index (χ4n) is 1.43. The SMILES string of the molecule is Cc1ccc(Cc2cnc(CN)s2)cc1. The van der Waals surface area contributed by atoms with Crippen molar-refractivity contribution in [3.05, 3.63) is 51.5 Å². The third kappa shape index (κ3) is 2.64. The van der Waals surface area contributed by atoms with Crippen LogP contribution < -0.4 is 5.73 Å². The Labute approximate surface area is 93.8 Å². The zero-order chi connectivity index (χ0) is 10.7. The van der Waals surface area contributed by atoms with Crippen LogP contribution in [0.3, 0.4) is 0 Å². The summed E-state index contributed by atoms with van der Waals surface area (Å²) in [5.41, 5.74) is 8.15. The number of hydrogen-bond donors (Lipinski definition) is 1. The number of rotatable bonds is 3. The third-order valence-electron chi connectivity index (χ3n) is 2.28. The molecule has 2 nitrogen and oxygen atoms in total. The van der Waals surface area contributed by atoms with Gasteiger partial charge >= 0.3 is 0 Å². The minimum atomic E-state index is 0.540. The lowest BCUT2D eigenvalue weighted by molar-refractivity contribution is 1.04. The molecule has 0 fully saturated rings. The molecular weight excluding hydrogens is 204 g/mol. The largest absolute Gasteiger partial charge is 0.325 e. The molecule has 2 rings (SSSR count). The molecule has 2 aromatic rings. The third-order valence-corrected chi connectivity index (χ3v) is 3.29. The maximum atomic E-state index is 5.52. The van der Waals surface area contributed by atoms with Crippen molar-refractivity contribution >= 4 is 11.3 Å². The van der Waals surface area contributed by atoms with Crippen LogP contribution in [-0.4, -0.2) is 4.98 Å². The first-order chi connectivity index (χ1) is 7.28. The Morgan fingerprint density at radius 1 is 1.27 bits per heavy atom. The Kier molecular flexibility index (Phi) is 3.14. The van der Waals surface area contributed by atoms with E-state index in [1.54, 1.807) is 11.3 Å². The van der Waals surface area contributed by atoms with Crippen molar-refractivity contribution in [1.82, 2.24) is 4.98 Å². The predicted octanol–water partition coefficient (Wildman–Crippen LogP) is 2.50. The van der Waals surface area contributed by atoms with Crippen LogP contribution in [0, 0.1) is 6.92 Å². The van der Waals surface area contributed by atoms with Crippen LogP contribution in [0.15, 0.2) is 30.5 Å². The number of nitrogens with zero attached hydrogens (tertiary/aromatic N) is 1. The van der Waals surface area contributed by atoms with Crippen molar-refractivity contribution in [1.29, 1.82) is 0 Å². The van der Waals surface area contributed by atoms with Gasteiger partial charge in [0.25, 0.3) is 0 Å². The molecule has 2 N–H and O–H groups in total. The summed E-state index contributed by atoms with van der Waals surface area (Å²) in [7, 11) is 0. The van der Waals surface area contributed by atoms with Gasteiger partial charge in [-0.2, -0.15) is 0 Å². The monoisotopic (exact) mass is 218 g/mol. The topological polar surface area (TPSA) is 38.9 Å². The lowest BCUT2D eigenvalue weighted by atomic mass is 10.1. The van der Waals surface area contributed by atoms with E-state index < -0.39 is 0 Å². The number of nitrogens with two attached hydrogens (primary N) is 1. The van der Waals surface area contributed by atoms with Gasteiger partial charge in [-0.25, -0.2) is 4.98 Å². The van der Waals surface area contributed by atoms with Crippen LogP contribution in [0.4, 0.5) is 0 Å². The van der Waals surface area contributed by atoms with Crippen molar-refractivity contribution in [3.8, 4) is 0 Å². The van der Waals surface area contributed by atoms with Crippen molar-refractivity contribution in [2.24, 2.45) is 5.73 Å². The van der Waals surface area contributed by atoms with E-state index in [2.05, 4.69) is 36.2 Å². The van der Waals surface area contributed by atoms with Gasteiger partial charge in [0.15, 0.2) is 0 Å². The van der Waals surface area contributed by atoms with E-state index in [1.807, 2.05) is 6.20 Å². The number of benzene rings is 1. The van der Waals surface area contributed by atoms with Gasteiger partial charge in [0.2, 0.25) is 0 Å². The second kappa shape index (κ2) is 4.55. The molecule has 0 aliphatic carbocycles. The van der Waals surface area contributed by atoms with Gasteiger partial charge in [-0.1, -0.05) is 29.8 Å². The fourth-order valence-corrected chi connectivity index (χ4v) is 2.27. The first-order valence-electron chi connectivity index (χ1n) is 4.97. The molecule has 0 unspecified atom stereocenters. The highest BCUT2D eigenvalue weighted by Gasteiger charge is 2.01. The van der Waals surface area contributed by atoms with E-state index in [9.17, 15) is 0 Å². The van der Waals surface area contributed by atoms with Gasteiger partial charge in [-0.05, 0) is 12.5 Å². The van der Waals surface area contributed by atoms with Crippen LogP contribution in [0.2, 0.25) is 0 Å². The average molecular weight is 218 g/mol. The Hall–Kier alpha value is -1.19. The molecule has 0 spiro atoms. The number of aromatic nitrogens is 1. The Morgan fingerprint density at radius 3 is 2.60 bits per heavy atom. The highest BCUT2D eigenvalue weighted by atomic mass is 32.1. The van der Waals surface area contributed by atoms with Crippen LogP contribution >= 0.6 is 11.3 Å². The zero-order valence-electron chi connectivity index (χ0n) is 8.73. The van der Waals surface area contributed by atoms with Gasteiger partial charge < -0.3 is 5.73 Å². The summed E-state index contributed by atoms with van der Waals surface area (Å²) in [4.78, 5) is 5.52. The summed E-state index contributed by atoms with van der Waals surface area (Å²) in [5, 5.41) is 1.01. The molecule has 1 heterocycles. The van der Waals surface area contributed by atoms with E-state index in [-0.39, 0.29) is 0 Å². The van der Waals surface area contributed by atoms with Crippen LogP contribution in [-0.2, 0) is 13.0 Å². The second-order valence-electron chi connectivity index (χ2n) is 3.59. The van der Waals surface area contributed by atoms with E-state index in [0.717, 1.165) is 11.4 Å². The van der Waals surface area contributed by atoms with Gasteiger partial charge in [0.1, 0.15) is 5.01 Å². The van der Waals surface area contributed by atoms with Gasteiger partial charge in [-0.3, -0.25) is 0 Å². The molecule has 1 aromatic heterocycles. The minimum Gasteiger partial charge on any atom is -0.325 e. The van der Waals surface area contributed by atoms with Crippen LogP contribution in [0.5, 0.6) is 0 Å². The highest BCUT2D eigenvalue weighted by molar-refractivity contribution is 7.11. The molecule has 0 saturated carbocycles. The molecule has 0 aliphatic heterocycles. The van der Waals surface area contributed by atoms with E-state index in [0.29, 0.717) is 6.54 Å². The number of thiazole rings is 1. The Bertz CT molecular complexity index is 431. The molecule has 0 amide bonds. The molecule has 15 heavy (non-hydrogen) atoms. The predicted molar refractivity (Wildman–Crippen MR) is 64.0 cm³/mol. The summed E-state index contributed by atoms with van der Waals surface area (Å²) in [6, 6.07) is 8.61. The smallest absolute Gasteiger partial charge is 0.106 e. The molecule has 1 aromatic carbocycles. The highest BCUT2D eigenvalue weighted by Crippen LogP contribution is 2.17. The van der Waals surface area contributed by atoms with Gasteiger partial charge in [0, 0.05) is 24.0 Å². The van der Waals surface area contributed by atoms with E-state index in [1.165, 1.54) is 16.0 Å². The van der Waals surface area contributed by atoms with Crippen LogP contribution in [0.1, 0.15) is 21.0 Å². The summed E-state index contributed by atoms with van der Waals surface area (Å²) in [6.45, 7) is 2.64. The Morgan fingerprint density at radius 2 is 2.00 bits per heavy atom. The molecule has 0 atom stereocenters. The van der Waals surface area contributed by atoms with Crippen molar-refractivity contribution in [2.75, 3.05) is 0 Å².